The molecule has 6 heteroatoms. The number of nitro groups is 1. The van der Waals surface area contributed by atoms with Crippen molar-refractivity contribution in [2.24, 2.45) is 0 Å². The third-order valence-electron chi connectivity index (χ3n) is 2.44. The summed E-state index contributed by atoms with van der Waals surface area (Å²) in [6.45, 7) is 0.275. The molecule has 0 aliphatic heterocycles. The Morgan fingerprint density at radius 3 is 2.44 bits per heavy atom. The molecule has 1 aromatic heterocycles. The van der Waals surface area contributed by atoms with Crippen molar-refractivity contribution in [3.05, 3.63) is 73.6 Å². The lowest BCUT2D eigenvalue weighted by molar-refractivity contribution is -0.385. The summed E-state index contributed by atoms with van der Waals surface area (Å²) in [5, 5.41) is 11.2. The van der Waals surface area contributed by atoms with E-state index in [0.717, 1.165) is 5.56 Å². The fourth-order valence-electron chi connectivity index (χ4n) is 1.54. The Balaban J connectivity index is 2.33. The summed E-state index contributed by atoms with van der Waals surface area (Å²) >= 11 is 5.75. The Hall–Kier alpha value is -2.14. The van der Waals surface area contributed by atoms with E-state index in [1.54, 1.807) is 24.3 Å². The van der Waals surface area contributed by atoms with Crippen LogP contribution >= 0.6 is 11.6 Å². The molecule has 0 radical (unpaired) electrons. The average molecular weight is 265 g/mol. The van der Waals surface area contributed by atoms with Gasteiger partial charge in [0.2, 0.25) is 0 Å². The Labute approximate surface area is 107 Å². The minimum atomic E-state index is -0.530. The number of pyridine rings is 1. The first kappa shape index (κ1) is 12.3. The van der Waals surface area contributed by atoms with Crippen molar-refractivity contribution >= 4 is 17.3 Å². The number of aromatic nitrogens is 1. The van der Waals surface area contributed by atoms with Crippen LogP contribution in [0.4, 0.5) is 5.69 Å². The SMILES string of the molecule is O=c1ccc([N+](=O)[O-])cn1Cc1ccc(Cl)cc1. The molecule has 1 heterocycles. The highest BCUT2D eigenvalue weighted by atomic mass is 35.5. The van der Waals surface area contributed by atoms with Gasteiger partial charge in [-0.25, -0.2) is 0 Å². The number of nitrogens with zero attached hydrogens (tertiary/aromatic N) is 2. The standard InChI is InChI=1S/C12H9ClN2O3/c13-10-3-1-9(2-4-10)7-14-8-11(15(17)18)5-6-12(14)16/h1-6,8H,7H2. The summed E-state index contributed by atoms with van der Waals surface area (Å²) in [4.78, 5) is 21.7. The Morgan fingerprint density at radius 1 is 1.17 bits per heavy atom. The number of hydrogen-bond donors (Lipinski definition) is 0. The van der Waals surface area contributed by atoms with Crippen LogP contribution < -0.4 is 5.56 Å². The van der Waals surface area contributed by atoms with Crippen LogP contribution in [0.25, 0.3) is 0 Å². The van der Waals surface area contributed by atoms with Gasteiger partial charge in [-0.05, 0) is 17.7 Å². The maximum absolute atomic E-state index is 11.6. The first-order valence-electron chi connectivity index (χ1n) is 5.15. The van der Waals surface area contributed by atoms with E-state index in [2.05, 4.69) is 0 Å². The molecular weight excluding hydrogens is 256 g/mol. The largest absolute Gasteiger partial charge is 0.304 e. The molecule has 0 aliphatic rings. The predicted molar refractivity (Wildman–Crippen MR) is 67.9 cm³/mol. The zero-order valence-corrected chi connectivity index (χ0v) is 10.0. The monoisotopic (exact) mass is 264 g/mol. The van der Waals surface area contributed by atoms with E-state index in [9.17, 15) is 14.9 Å². The lowest BCUT2D eigenvalue weighted by Crippen LogP contribution is -2.19. The van der Waals surface area contributed by atoms with Gasteiger partial charge in [0, 0.05) is 17.2 Å². The molecule has 0 amide bonds. The van der Waals surface area contributed by atoms with E-state index in [1.165, 1.54) is 22.9 Å². The van der Waals surface area contributed by atoms with Gasteiger partial charge >= 0.3 is 0 Å². The van der Waals surface area contributed by atoms with Crippen LogP contribution in [0.5, 0.6) is 0 Å². The van der Waals surface area contributed by atoms with Crippen molar-refractivity contribution < 1.29 is 4.92 Å². The Kier molecular flexibility index (Phi) is 3.43. The molecule has 0 N–H and O–H groups in total. The molecule has 0 unspecified atom stereocenters. The molecular formula is C12H9ClN2O3. The highest BCUT2D eigenvalue weighted by molar-refractivity contribution is 6.30. The van der Waals surface area contributed by atoms with Crippen molar-refractivity contribution in [1.29, 1.82) is 0 Å². The Morgan fingerprint density at radius 2 is 1.83 bits per heavy atom. The summed E-state index contributed by atoms with van der Waals surface area (Å²) in [5.41, 5.74) is 0.459. The van der Waals surface area contributed by atoms with Gasteiger partial charge < -0.3 is 4.57 Å². The van der Waals surface area contributed by atoms with Crippen LogP contribution in [0.2, 0.25) is 5.02 Å². The number of halogens is 1. The second kappa shape index (κ2) is 5.01. The molecule has 5 nitrogen and oxygen atoms in total. The van der Waals surface area contributed by atoms with E-state index in [4.69, 9.17) is 11.6 Å². The summed E-state index contributed by atoms with van der Waals surface area (Å²) in [5.74, 6) is 0. The normalized spacial score (nSPS) is 10.3. The first-order chi connectivity index (χ1) is 8.56. The molecule has 2 aromatic rings. The predicted octanol–water partition coefficient (Wildman–Crippen LogP) is 2.46. The summed E-state index contributed by atoms with van der Waals surface area (Å²) in [6, 6.07) is 9.34. The highest BCUT2D eigenvalue weighted by Gasteiger charge is 2.07. The topological polar surface area (TPSA) is 65.1 Å². The second-order valence-corrected chi connectivity index (χ2v) is 4.17. The van der Waals surface area contributed by atoms with Gasteiger partial charge in [0.15, 0.2) is 0 Å². The molecule has 0 saturated heterocycles. The summed E-state index contributed by atoms with van der Waals surface area (Å²) < 4.78 is 1.29. The molecule has 2 rings (SSSR count). The lowest BCUT2D eigenvalue weighted by Gasteiger charge is -2.05. The number of hydrogen-bond acceptors (Lipinski definition) is 3. The van der Waals surface area contributed by atoms with Gasteiger partial charge in [0.25, 0.3) is 11.2 Å². The van der Waals surface area contributed by atoms with Crippen molar-refractivity contribution in [1.82, 2.24) is 4.57 Å². The molecule has 18 heavy (non-hydrogen) atoms. The first-order valence-corrected chi connectivity index (χ1v) is 5.53. The van der Waals surface area contributed by atoms with Gasteiger partial charge in [0.05, 0.1) is 17.7 Å². The third-order valence-corrected chi connectivity index (χ3v) is 2.70. The van der Waals surface area contributed by atoms with Crippen LogP contribution in [0, 0.1) is 10.1 Å². The molecule has 1 aromatic carbocycles. The highest BCUT2D eigenvalue weighted by Crippen LogP contribution is 2.11. The molecule has 0 saturated carbocycles. The van der Waals surface area contributed by atoms with Gasteiger partial charge in [-0.2, -0.15) is 0 Å². The zero-order valence-electron chi connectivity index (χ0n) is 9.25. The molecule has 92 valence electrons. The van der Waals surface area contributed by atoms with Gasteiger partial charge in [-0.3, -0.25) is 14.9 Å². The molecule has 0 atom stereocenters. The van der Waals surface area contributed by atoms with Crippen LogP contribution in [0.1, 0.15) is 5.56 Å². The fraction of sp³-hybridized carbons (Fsp3) is 0.0833. The van der Waals surface area contributed by atoms with Crippen molar-refractivity contribution in [2.45, 2.75) is 6.54 Å². The summed E-state index contributed by atoms with van der Waals surface area (Å²) in [7, 11) is 0. The fourth-order valence-corrected chi connectivity index (χ4v) is 1.66. The maximum atomic E-state index is 11.6. The van der Waals surface area contributed by atoms with E-state index in [-0.39, 0.29) is 17.8 Å². The second-order valence-electron chi connectivity index (χ2n) is 3.74. The average Bonchev–Trinajstić information content (AvgIpc) is 2.34. The minimum Gasteiger partial charge on any atom is -0.304 e. The lowest BCUT2D eigenvalue weighted by atomic mass is 10.2. The van der Waals surface area contributed by atoms with Gasteiger partial charge in [0.1, 0.15) is 0 Å². The smallest absolute Gasteiger partial charge is 0.285 e. The van der Waals surface area contributed by atoms with Crippen LogP contribution in [-0.2, 0) is 6.54 Å². The third kappa shape index (κ3) is 2.75. The van der Waals surface area contributed by atoms with Crippen LogP contribution in [0.15, 0.2) is 47.4 Å². The van der Waals surface area contributed by atoms with Crippen molar-refractivity contribution in [3.8, 4) is 0 Å². The van der Waals surface area contributed by atoms with Gasteiger partial charge in [-0.1, -0.05) is 23.7 Å². The van der Waals surface area contributed by atoms with E-state index < -0.39 is 4.92 Å². The number of rotatable bonds is 3. The molecule has 0 aliphatic carbocycles. The van der Waals surface area contributed by atoms with Crippen LogP contribution in [-0.4, -0.2) is 9.49 Å². The summed E-state index contributed by atoms with van der Waals surface area (Å²) in [6.07, 6.45) is 1.23. The van der Waals surface area contributed by atoms with E-state index >= 15 is 0 Å². The number of benzene rings is 1. The molecule has 0 bridgehead atoms. The zero-order chi connectivity index (χ0) is 13.1. The van der Waals surface area contributed by atoms with E-state index in [0.29, 0.717) is 5.02 Å². The van der Waals surface area contributed by atoms with Crippen molar-refractivity contribution in [3.63, 3.8) is 0 Å². The molecule has 0 fully saturated rings. The quantitative estimate of drug-likeness (QED) is 0.632. The molecule has 0 spiro atoms. The Bertz CT molecular complexity index is 635. The maximum Gasteiger partial charge on any atom is 0.285 e. The van der Waals surface area contributed by atoms with E-state index in [1.807, 2.05) is 0 Å². The van der Waals surface area contributed by atoms with Crippen LogP contribution in [0.3, 0.4) is 0 Å². The minimum absolute atomic E-state index is 0.108. The van der Waals surface area contributed by atoms with Crippen molar-refractivity contribution in [2.75, 3.05) is 0 Å². The van der Waals surface area contributed by atoms with Gasteiger partial charge in [-0.15, -0.1) is 0 Å².